The third-order valence-corrected chi connectivity index (χ3v) is 5.03. The van der Waals surface area contributed by atoms with Gasteiger partial charge in [-0.1, -0.05) is 19.9 Å². The van der Waals surface area contributed by atoms with Crippen LogP contribution in [0.15, 0.2) is 22.3 Å². The van der Waals surface area contributed by atoms with Crippen molar-refractivity contribution in [3.05, 3.63) is 50.4 Å². The molecule has 5 nitrogen and oxygen atoms in total. The minimum absolute atomic E-state index is 0.106. The van der Waals surface area contributed by atoms with Gasteiger partial charge in [-0.2, -0.15) is 0 Å². The molecule has 0 saturated heterocycles. The minimum Gasteiger partial charge on any atom is -0.504 e. The number of rotatable bonds is 5. The van der Waals surface area contributed by atoms with Crippen LogP contribution < -0.4 is 10.3 Å². The number of phenols is 1. The number of fused-ring (bicyclic) bond motifs is 1. The van der Waals surface area contributed by atoms with Crippen LogP contribution in [0.5, 0.6) is 11.5 Å². The molecule has 1 aromatic carbocycles. The van der Waals surface area contributed by atoms with Crippen LogP contribution in [0.1, 0.15) is 36.4 Å². The number of hydrogen-bond acceptors (Lipinski definition) is 5. The molecule has 0 unspecified atom stereocenters. The second-order valence-electron chi connectivity index (χ2n) is 6.71. The molecule has 2 heterocycles. The summed E-state index contributed by atoms with van der Waals surface area (Å²) < 4.78 is 5.17. The van der Waals surface area contributed by atoms with Gasteiger partial charge in [0.2, 0.25) is 0 Å². The SMILES string of the molecule is COc1cc(/C=C/c2nc3scc(CC(C)C)c3c(=O)[nH]2)cc(C)c1O. The van der Waals surface area contributed by atoms with E-state index in [1.807, 2.05) is 24.4 Å². The molecule has 0 aliphatic carbocycles. The van der Waals surface area contributed by atoms with E-state index >= 15 is 0 Å². The van der Waals surface area contributed by atoms with Gasteiger partial charge >= 0.3 is 0 Å². The highest BCUT2D eigenvalue weighted by Crippen LogP contribution is 2.31. The van der Waals surface area contributed by atoms with Gasteiger partial charge in [0, 0.05) is 0 Å². The lowest BCUT2D eigenvalue weighted by Gasteiger charge is -2.07. The zero-order valence-corrected chi connectivity index (χ0v) is 16.1. The van der Waals surface area contributed by atoms with Crippen LogP contribution in [0.4, 0.5) is 0 Å². The van der Waals surface area contributed by atoms with Crippen molar-refractivity contribution in [1.82, 2.24) is 9.97 Å². The van der Waals surface area contributed by atoms with E-state index in [1.54, 1.807) is 12.1 Å². The molecule has 3 rings (SSSR count). The Bertz CT molecular complexity index is 1030. The van der Waals surface area contributed by atoms with Crippen LogP contribution in [-0.4, -0.2) is 22.2 Å². The Hall–Kier alpha value is -2.60. The number of ether oxygens (including phenoxy) is 1. The Morgan fingerprint density at radius 2 is 2.12 bits per heavy atom. The third kappa shape index (κ3) is 3.65. The molecule has 0 saturated carbocycles. The summed E-state index contributed by atoms with van der Waals surface area (Å²) in [6.45, 7) is 6.08. The van der Waals surface area contributed by atoms with Crippen molar-refractivity contribution in [2.75, 3.05) is 7.11 Å². The molecule has 0 amide bonds. The summed E-state index contributed by atoms with van der Waals surface area (Å²) in [5.74, 6) is 1.54. The number of thiophene rings is 1. The third-order valence-electron chi connectivity index (χ3n) is 4.11. The van der Waals surface area contributed by atoms with Gasteiger partial charge in [0.15, 0.2) is 11.5 Å². The first-order valence-electron chi connectivity index (χ1n) is 8.45. The second kappa shape index (κ2) is 7.33. The van der Waals surface area contributed by atoms with E-state index in [0.29, 0.717) is 22.9 Å². The first-order valence-corrected chi connectivity index (χ1v) is 9.33. The Morgan fingerprint density at radius 1 is 1.35 bits per heavy atom. The Labute approximate surface area is 156 Å². The molecule has 2 aromatic heterocycles. The van der Waals surface area contributed by atoms with Gasteiger partial charge in [0.1, 0.15) is 10.7 Å². The summed E-state index contributed by atoms with van der Waals surface area (Å²) in [4.78, 5) is 20.7. The van der Waals surface area contributed by atoms with E-state index in [-0.39, 0.29) is 11.3 Å². The molecule has 3 aromatic rings. The Balaban J connectivity index is 1.96. The molecule has 136 valence electrons. The highest BCUT2D eigenvalue weighted by Gasteiger charge is 2.12. The fourth-order valence-corrected chi connectivity index (χ4v) is 3.85. The monoisotopic (exact) mass is 370 g/mol. The molecule has 0 atom stereocenters. The first kappa shape index (κ1) is 18.2. The molecule has 0 radical (unpaired) electrons. The summed E-state index contributed by atoms with van der Waals surface area (Å²) in [5.41, 5.74) is 2.53. The van der Waals surface area contributed by atoms with Crippen molar-refractivity contribution in [3.63, 3.8) is 0 Å². The van der Waals surface area contributed by atoms with Crippen LogP contribution >= 0.6 is 11.3 Å². The first-order chi connectivity index (χ1) is 12.4. The number of nitrogens with zero attached hydrogens (tertiary/aromatic N) is 1. The minimum atomic E-state index is -0.106. The van der Waals surface area contributed by atoms with E-state index in [9.17, 15) is 9.90 Å². The van der Waals surface area contributed by atoms with Gasteiger partial charge in [0.25, 0.3) is 5.56 Å². The smallest absolute Gasteiger partial charge is 0.260 e. The lowest BCUT2D eigenvalue weighted by Crippen LogP contribution is -2.10. The average molecular weight is 370 g/mol. The molecular weight excluding hydrogens is 348 g/mol. The fraction of sp³-hybridized carbons (Fsp3) is 0.300. The standard InChI is InChI=1S/C20H22N2O3S/c1-11(2)7-14-10-26-20-17(14)19(24)21-16(22-20)6-5-13-8-12(3)18(23)15(9-13)25-4/h5-6,8-11,23H,7H2,1-4H3,(H,21,22,24)/b6-5+. The summed E-state index contributed by atoms with van der Waals surface area (Å²) in [6.07, 6.45) is 4.46. The predicted octanol–water partition coefficient (Wildman–Crippen LogP) is 4.38. The van der Waals surface area contributed by atoms with Crippen molar-refractivity contribution in [1.29, 1.82) is 0 Å². The maximum Gasteiger partial charge on any atom is 0.260 e. The van der Waals surface area contributed by atoms with Crippen LogP contribution in [0.2, 0.25) is 0 Å². The van der Waals surface area contributed by atoms with E-state index in [1.165, 1.54) is 18.4 Å². The molecule has 26 heavy (non-hydrogen) atoms. The number of aromatic nitrogens is 2. The van der Waals surface area contributed by atoms with Crippen LogP contribution in [0.25, 0.3) is 22.4 Å². The molecule has 0 fully saturated rings. The molecule has 0 spiro atoms. The molecule has 0 aliphatic heterocycles. The number of H-pyrrole nitrogens is 1. The van der Waals surface area contributed by atoms with Gasteiger partial charge in [-0.25, -0.2) is 4.98 Å². The average Bonchev–Trinajstić information content (AvgIpc) is 2.98. The summed E-state index contributed by atoms with van der Waals surface area (Å²) in [6, 6.07) is 3.58. The highest BCUT2D eigenvalue weighted by molar-refractivity contribution is 7.16. The van der Waals surface area contributed by atoms with E-state index < -0.39 is 0 Å². The van der Waals surface area contributed by atoms with Crippen molar-refractivity contribution in [2.45, 2.75) is 27.2 Å². The van der Waals surface area contributed by atoms with Crippen molar-refractivity contribution < 1.29 is 9.84 Å². The number of methoxy groups -OCH3 is 1. The zero-order chi connectivity index (χ0) is 18.8. The van der Waals surface area contributed by atoms with Crippen LogP contribution in [0, 0.1) is 12.8 Å². The topological polar surface area (TPSA) is 75.2 Å². The number of aromatic amines is 1. The quantitative estimate of drug-likeness (QED) is 0.699. The fourth-order valence-electron chi connectivity index (χ4n) is 2.89. The van der Waals surface area contributed by atoms with Gasteiger partial charge < -0.3 is 14.8 Å². The maximum absolute atomic E-state index is 12.5. The van der Waals surface area contributed by atoms with Gasteiger partial charge in [-0.15, -0.1) is 11.3 Å². The molecule has 0 bridgehead atoms. The summed E-state index contributed by atoms with van der Waals surface area (Å²) in [5, 5.41) is 12.6. The zero-order valence-electron chi connectivity index (χ0n) is 15.3. The van der Waals surface area contributed by atoms with Crippen molar-refractivity contribution in [2.24, 2.45) is 5.92 Å². The highest BCUT2D eigenvalue weighted by atomic mass is 32.1. The number of hydrogen-bond donors (Lipinski definition) is 2. The summed E-state index contributed by atoms with van der Waals surface area (Å²) >= 11 is 1.50. The van der Waals surface area contributed by atoms with Gasteiger partial charge in [0.05, 0.1) is 12.5 Å². The van der Waals surface area contributed by atoms with E-state index in [2.05, 4.69) is 23.8 Å². The van der Waals surface area contributed by atoms with Gasteiger partial charge in [-0.3, -0.25) is 4.79 Å². The number of aryl methyl sites for hydroxylation is 1. The van der Waals surface area contributed by atoms with Crippen molar-refractivity contribution in [3.8, 4) is 11.5 Å². The predicted molar refractivity (Wildman–Crippen MR) is 107 cm³/mol. The number of phenolic OH excluding ortho intramolecular Hbond substituents is 1. The number of nitrogens with one attached hydrogen (secondary N) is 1. The van der Waals surface area contributed by atoms with Crippen LogP contribution in [0.3, 0.4) is 0 Å². The maximum atomic E-state index is 12.5. The Morgan fingerprint density at radius 3 is 2.81 bits per heavy atom. The Kier molecular flexibility index (Phi) is 5.13. The van der Waals surface area contributed by atoms with Gasteiger partial charge in [-0.05, 0) is 59.5 Å². The largest absolute Gasteiger partial charge is 0.504 e. The molecule has 2 N–H and O–H groups in total. The molecule has 6 heteroatoms. The van der Waals surface area contributed by atoms with Crippen molar-refractivity contribution >= 4 is 33.7 Å². The normalized spacial score (nSPS) is 11.7. The van der Waals surface area contributed by atoms with E-state index in [4.69, 9.17) is 4.74 Å². The summed E-state index contributed by atoms with van der Waals surface area (Å²) in [7, 11) is 1.51. The van der Waals surface area contributed by atoms with E-state index in [0.717, 1.165) is 27.9 Å². The number of benzene rings is 1. The molecule has 0 aliphatic rings. The van der Waals surface area contributed by atoms with Crippen LogP contribution in [-0.2, 0) is 6.42 Å². The second-order valence-corrected chi connectivity index (χ2v) is 7.57. The number of aromatic hydroxyl groups is 1. The lowest BCUT2D eigenvalue weighted by atomic mass is 10.0. The molecular formula is C20H22N2O3S. The lowest BCUT2D eigenvalue weighted by molar-refractivity contribution is 0.371.